The van der Waals surface area contributed by atoms with E-state index in [0.717, 1.165) is 5.56 Å². The van der Waals surface area contributed by atoms with Gasteiger partial charge in [-0.25, -0.2) is 4.98 Å². The number of nitrogens with zero attached hydrogens (tertiary/aromatic N) is 3. The average molecular weight is 374 g/mol. The Bertz CT molecular complexity index is 1030. The molecule has 2 heterocycles. The van der Waals surface area contributed by atoms with Crippen molar-refractivity contribution in [1.82, 2.24) is 14.0 Å². The van der Waals surface area contributed by atoms with Crippen molar-refractivity contribution in [3.8, 4) is 11.3 Å². The molecule has 136 valence electrons. The molecule has 0 aliphatic carbocycles. The number of carbonyl (C=O) groups excluding carboxylic acids is 1. The first-order chi connectivity index (χ1) is 12.1. The van der Waals surface area contributed by atoms with E-state index in [2.05, 4.69) is 4.98 Å². The highest BCUT2D eigenvalue weighted by Gasteiger charge is 2.19. The molecule has 7 heteroatoms. The Kier molecular flexibility index (Phi) is 4.63. The lowest BCUT2D eigenvalue weighted by molar-refractivity contribution is -0.155. The van der Waals surface area contributed by atoms with Crippen LogP contribution < -0.4 is 5.56 Å². The molecule has 0 unspecified atom stereocenters. The fourth-order valence-corrected chi connectivity index (χ4v) is 2.79. The lowest BCUT2D eigenvalue weighted by atomic mass is 10.2. The molecule has 0 aliphatic rings. The standard InChI is InChI=1S/C19H20ClN3O3/c1-12-9-16(24)23-10-15(13-5-7-14(20)8-6-13)21-18(23)22(12)11-17(25)26-19(2,3)4/h5-10H,11H2,1-4H3. The highest BCUT2D eigenvalue weighted by Crippen LogP contribution is 2.21. The largest absolute Gasteiger partial charge is 0.459 e. The minimum absolute atomic E-state index is 0.0239. The van der Waals surface area contributed by atoms with Crippen molar-refractivity contribution in [1.29, 1.82) is 0 Å². The molecule has 0 aliphatic heterocycles. The first kappa shape index (κ1) is 18.2. The van der Waals surface area contributed by atoms with Gasteiger partial charge in [-0.15, -0.1) is 0 Å². The number of benzene rings is 1. The van der Waals surface area contributed by atoms with Gasteiger partial charge in [0.05, 0.1) is 5.69 Å². The molecule has 0 N–H and O–H groups in total. The summed E-state index contributed by atoms with van der Waals surface area (Å²) in [6, 6.07) is 8.67. The van der Waals surface area contributed by atoms with Gasteiger partial charge < -0.3 is 9.30 Å². The van der Waals surface area contributed by atoms with Crippen LogP contribution in [0.3, 0.4) is 0 Å². The number of imidazole rings is 1. The molecule has 0 saturated carbocycles. The fraction of sp³-hybridized carbons (Fsp3) is 0.316. The summed E-state index contributed by atoms with van der Waals surface area (Å²) in [5.74, 6) is 0.00741. The van der Waals surface area contributed by atoms with Gasteiger partial charge in [0.1, 0.15) is 12.1 Å². The number of halogens is 1. The molecule has 3 aromatic rings. The highest BCUT2D eigenvalue weighted by atomic mass is 35.5. The molecule has 2 aromatic heterocycles. The normalized spacial score (nSPS) is 11.7. The topological polar surface area (TPSA) is 65.6 Å². The number of rotatable bonds is 3. The van der Waals surface area contributed by atoms with Crippen LogP contribution in [0.5, 0.6) is 0 Å². The van der Waals surface area contributed by atoms with Gasteiger partial charge in [-0.2, -0.15) is 0 Å². The Hall–Kier alpha value is -2.60. The van der Waals surface area contributed by atoms with Crippen molar-refractivity contribution in [2.75, 3.05) is 0 Å². The Morgan fingerprint density at radius 3 is 2.50 bits per heavy atom. The monoisotopic (exact) mass is 373 g/mol. The van der Waals surface area contributed by atoms with Crippen LogP contribution in [-0.2, 0) is 16.1 Å². The molecule has 26 heavy (non-hydrogen) atoms. The van der Waals surface area contributed by atoms with Gasteiger partial charge in [-0.1, -0.05) is 23.7 Å². The summed E-state index contributed by atoms with van der Waals surface area (Å²) < 4.78 is 8.50. The molecule has 0 atom stereocenters. The van der Waals surface area contributed by atoms with Crippen LogP contribution >= 0.6 is 11.6 Å². The number of hydrogen-bond donors (Lipinski definition) is 0. The van der Waals surface area contributed by atoms with E-state index >= 15 is 0 Å². The molecule has 0 fully saturated rings. The fourth-order valence-electron chi connectivity index (χ4n) is 2.66. The lowest BCUT2D eigenvalue weighted by Gasteiger charge is -2.20. The van der Waals surface area contributed by atoms with Crippen LogP contribution in [0, 0.1) is 6.92 Å². The van der Waals surface area contributed by atoms with Gasteiger partial charge in [-0.3, -0.25) is 14.0 Å². The van der Waals surface area contributed by atoms with Crippen LogP contribution in [0.2, 0.25) is 5.02 Å². The van der Waals surface area contributed by atoms with E-state index in [9.17, 15) is 9.59 Å². The van der Waals surface area contributed by atoms with Crippen molar-refractivity contribution >= 4 is 23.3 Å². The van der Waals surface area contributed by atoms with E-state index in [0.29, 0.717) is 22.2 Å². The van der Waals surface area contributed by atoms with Gasteiger partial charge >= 0.3 is 5.97 Å². The van der Waals surface area contributed by atoms with Gasteiger partial charge in [0, 0.05) is 28.5 Å². The second kappa shape index (κ2) is 6.61. The third-order valence-corrected chi connectivity index (χ3v) is 4.02. The minimum Gasteiger partial charge on any atom is -0.459 e. The molecule has 0 amide bonds. The van der Waals surface area contributed by atoms with Gasteiger partial charge in [0.25, 0.3) is 5.56 Å². The molecule has 0 radical (unpaired) electrons. The quantitative estimate of drug-likeness (QED) is 0.659. The van der Waals surface area contributed by atoms with Crippen molar-refractivity contribution in [3.05, 3.63) is 57.6 Å². The number of aryl methyl sites for hydroxylation is 1. The summed E-state index contributed by atoms with van der Waals surface area (Å²) in [5, 5.41) is 0.623. The summed E-state index contributed by atoms with van der Waals surface area (Å²) in [4.78, 5) is 29.1. The number of aromatic nitrogens is 3. The predicted octanol–water partition coefficient (Wildman–Crippen LogP) is 3.47. The predicted molar refractivity (Wildman–Crippen MR) is 100 cm³/mol. The van der Waals surface area contributed by atoms with Crippen molar-refractivity contribution in [3.63, 3.8) is 0 Å². The third kappa shape index (κ3) is 3.80. The molecular weight excluding hydrogens is 354 g/mol. The number of ether oxygens (including phenoxy) is 1. The van der Waals surface area contributed by atoms with Crippen molar-refractivity contribution in [2.24, 2.45) is 0 Å². The zero-order valence-electron chi connectivity index (χ0n) is 15.1. The minimum atomic E-state index is -0.579. The zero-order valence-corrected chi connectivity index (χ0v) is 15.9. The summed E-state index contributed by atoms with van der Waals surface area (Å²) in [7, 11) is 0. The van der Waals surface area contributed by atoms with Gasteiger partial charge in [0.2, 0.25) is 5.78 Å². The van der Waals surface area contributed by atoms with Crippen molar-refractivity contribution < 1.29 is 9.53 Å². The first-order valence-corrected chi connectivity index (χ1v) is 8.59. The van der Waals surface area contributed by atoms with E-state index < -0.39 is 5.60 Å². The number of esters is 1. The summed E-state index contributed by atoms with van der Waals surface area (Å²) >= 11 is 5.93. The lowest BCUT2D eigenvalue weighted by Crippen LogP contribution is -2.28. The number of fused-ring (bicyclic) bond motifs is 1. The third-order valence-electron chi connectivity index (χ3n) is 3.77. The van der Waals surface area contributed by atoms with Crippen LogP contribution in [0.15, 0.2) is 41.3 Å². The molecular formula is C19H20ClN3O3. The smallest absolute Gasteiger partial charge is 0.326 e. The van der Waals surface area contributed by atoms with E-state index in [1.54, 1.807) is 29.8 Å². The maximum absolute atomic E-state index is 12.3. The molecule has 1 aromatic carbocycles. The summed E-state index contributed by atoms with van der Waals surface area (Å²) in [6.45, 7) is 7.18. The second-order valence-corrected chi connectivity index (χ2v) is 7.54. The van der Waals surface area contributed by atoms with Crippen LogP contribution in [0.25, 0.3) is 17.0 Å². The molecule has 0 saturated heterocycles. The van der Waals surface area contributed by atoms with E-state index in [1.807, 2.05) is 32.9 Å². The number of carbonyl (C=O) groups is 1. The van der Waals surface area contributed by atoms with Gasteiger partial charge in [0.15, 0.2) is 0 Å². The van der Waals surface area contributed by atoms with E-state index in [-0.39, 0.29) is 18.1 Å². The Balaban J connectivity index is 2.07. The Morgan fingerprint density at radius 2 is 1.88 bits per heavy atom. The summed E-state index contributed by atoms with van der Waals surface area (Å²) in [5.41, 5.74) is 1.32. The molecule has 0 bridgehead atoms. The maximum Gasteiger partial charge on any atom is 0.326 e. The average Bonchev–Trinajstić information content (AvgIpc) is 2.96. The summed E-state index contributed by atoms with van der Waals surface area (Å²) in [6.07, 6.45) is 1.66. The van der Waals surface area contributed by atoms with Crippen LogP contribution in [0.1, 0.15) is 26.5 Å². The SMILES string of the molecule is Cc1cc(=O)n2cc(-c3ccc(Cl)cc3)nc2n1CC(=O)OC(C)(C)C. The molecule has 6 nitrogen and oxygen atoms in total. The van der Waals surface area contributed by atoms with E-state index in [4.69, 9.17) is 16.3 Å². The second-order valence-electron chi connectivity index (χ2n) is 7.10. The first-order valence-electron chi connectivity index (χ1n) is 8.21. The van der Waals surface area contributed by atoms with Gasteiger partial charge in [-0.05, 0) is 39.8 Å². The molecule has 3 rings (SSSR count). The van der Waals surface area contributed by atoms with E-state index in [1.165, 1.54) is 10.5 Å². The van der Waals surface area contributed by atoms with Crippen molar-refractivity contribution in [2.45, 2.75) is 39.8 Å². The Labute approximate surface area is 156 Å². The highest BCUT2D eigenvalue weighted by molar-refractivity contribution is 6.30. The van der Waals surface area contributed by atoms with Crippen LogP contribution in [-0.4, -0.2) is 25.5 Å². The number of hydrogen-bond acceptors (Lipinski definition) is 4. The maximum atomic E-state index is 12.3. The zero-order chi connectivity index (χ0) is 19.1. The molecule has 0 spiro atoms. The Morgan fingerprint density at radius 1 is 1.23 bits per heavy atom. The van der Waals surface area contributed by atoms with Crippen LogP contribution in [0.4, 0.5) is 0 Å².